The summed E-state index contributed by atoms with van der Waals surface area (Å²) in [6.45, 7) is 0.182. The normalized spacial score (nSPS) is 11.2. The van der Waals surface area contributed by atoms with E-state index in [0.29, 0.717) is 10.6 Å². The number of sulfone groups is 1. The number of carbonyl (C=O) groups is 2. The summed E-state index contributed by atoms with van der Waals surface area (Å²) >= 11 is 1.13. The number of thiazole rings is 1. The summed E-state index contributed by atoms with van der Waals surface area (Å²) < 4.78 is 28.8. The molecule has 0 spiro atoms. The van der Waals surface area contributed by atoms with Crippen LogP contribution in [0.2, 0.25) is 0 Å². The molecule has 10 heteroatoms. The second-order valence-corrected chi connectivity index (χ2v) is 8.00. The number of ether oxygens (including phenoxy) is 1. The monoisotopic (exact) mass is 384 g/mol. The van der Waals surface area contributed by atoms with E-state index in [1.54, 1.807) is 0 Å². The van der Waals surface area contributed by atoms with Crippen LogP contribution in [-0.4, -0.2) is 49.9 Å². The lowest BCUT2D eigenvalue weighted by molar-refractivity contribution is 0.0691. The molecule has 1 heterocycles. The van der Waals surface area contributed by atoms with E-state index in [-0.39, 0.29) is 29.5 Å². The van der Waals surface area contributed by atoms with Gasteiger partial charge in [-0.3, -0.25) is 4.79 Å². The predicted molar refractivity (Wildman–Crippen MR) is 90.6 cm³/mol. The Bertz CT molecular complexity index is 858. The third-order valence-corrected chi connectivity index (χ3v) is 5.75. The van der Waals surface area contributed by atoms with Crippen molar-refractivity contribution in [2.45, 2.75) is 11.4 Å². The van der Waals surface area contributed by atoms with E-state index in [1.807, 2.05) is 0 Å². The molecule has 0 fully saturated rings. The first kappa shape index (κ1) is 19.0. The number of hydrogen-bond donors (Lipinski definition) is 2. The van der Waals surface area contributed by atoms with E-state index in [0.717, 1.165) is 11.3 Å². The van der Waals surface area contributed by atoms with Gasteiger partial charge in [-0.15, -0.1) is 11.3 Å². The Hall–Kier alpha value is -2.30. The smallest absolute Gasteiger partial charge is 0.355 e. The number of aromatic nitrogens is 1. The minimum absolute atomic E-state index is 0.0696. The van der Waals surface area contributed by atoms with Gasteiger partial charge >= 0.3 is 5.97 Å². The van der Waals surface area contributed by atoms with Gasteiger partial charge in [0.15, 0.2) is 15.5 Å². The third kappa shape index (κ3) is 5.08. The van der Waals surface area contributed by atoms with Crippen LogP contribution in [0.15, 0.2) is 34.5 Å². The van der Waals surface area contributed by atoms with Gasteiger partial charge < -0.3 is 15.2 Å². The second-order valence-electron chi connectivity index (χ2n) is 4.95. The SMILES string of the molecule is COCCS(=O)(=O)c1ccc(C(=O)NCc2nc(C(=O)O)cs2)cc1. The van der Waals surface area contributed by atoms with Gasteiger partial charge in [0.2, 0.25) is 0 Å². The summed E-state index contributed by atoms with van der Waals surface area (Å²) in [5.74, 6) is -1.67. The van der Waals surface area contributed by atoms with Gasteiger partial charge in [0.1, 0.15) is 5.01 Å². The first-order chi connectivity index (χ1) is 11.8. The zero-order valence-electron chi connectivity index (χ0n) is 13.3. The van der Waals surface area contributed by atoms with Crippen molar-refractivity contribution in [2.24, 2.45) is 0 Å². The Morgan fingerprint density at radius 2 is 1.96 bits per heavy atom. The van der Waals surface area contributed by atoms with Crippen molar-refractivity contribution in [2.75, 3.05) is 19.5 Å². The van der Waals surface area contributed by atoms with Gasteiger partial charge in [-0.05, 0) is 24.3 Å². The largest absolute Gasteiger partial charge is 0.476 e. The van der Waals surface area contributed by atoms with Crippen molar-refractivity contribution in [3.63, 3.8) is 0 Å². The molecule has 0 aliphatic rings. The van der Waals surface area contributed by atoms with Crippen LogP contribution in [0.1, 0.15) is 25.9 Å². The highest BCUT2D eigenvalue weighted by Crippen LogP contribution is 2.13. The van der Waals surface area contributed by atoms with Gasteiger partial charge in [-0.1, -0.05) is 0 Å². The lowest BCUT2D eigenvalue weighted by atomic mass is 10.2. The zero-order valence-corrected chi connectivity index (χ0v) is 14.9. The van der Waals surface area contributed by atoms with Crippen molar-refractivity contribution in [3.8, 4) is 0 Å². The van der Waals surface area contributed by atoms with Crippen LogP contribution in [0.4, 0.5) is 0 Å². The van der Waals surface area contributed by atoms with Crippen LogP contribution in [0.3, 0.4) is 0 Å². The number of benzene rings is 1. The molecule has 0 saturated heterocycles. The molecule has 0 atom stereocenters. The van der Waals surface area contributed by atoms with E-state index >= 15 is 0 Å². The molecule has 2 aromatic rings. The van der Waals surface area contributed by atoms with Gasteiger partial charge in [0.05, 0.1) is 23.8 Å². The van der Waals surface area contributed by atoms with Crippen LogP contribution in [0, 0.1) is 0 Å². The Balaban J connectivity index is 1.99. The first-order valence-corrected chi connectivity index (χ1v) is 9.64. The molecule has 2 rings (SSSR count). The number of carboxylic acid groups (broad SMARTS) is 1. The molecule has 8 nitrogen and oxygen atoms in total. The van der Waals surface area contributed by atoms with Crippen LogP contribution >= 0.6 is 11.3 Å². The van der Waals surface area contributed by atoms with Crippen LogP contribution in [-0.2, 0) is 21.1 Å². The summed E-state index contributed by atoms with van der Waals surface area (Å²) in [6, 6.07) is 5.57. The fourth-order valence-corrected chi connectivity index (χ4v) is 3.75. The maximum absolute atomic E-state index is 12.1. The quantitative estimate of drug-likeness (QED) is 0.701. The molecule has 0 unspecified atom stereocenters. The molecule has 0 saturated carbocycles. The minimum atomic E-state index is -3.45. The molecule has 25 heavy (non-hydrogen) atoms. The number of nitrogens with zero attached hydrogens (tertiary/aromatic N) is 1. The third-order valence-electron chi connectivity index (χ3n) is 3.20. The molecule has 134 valence electrons. The molecule has 1 amide bonds. The van der Waals surface area contributed by atoms with E-state index in [4.69, 9.17) is 9.84 Å². The lowest BCUT2D eigenvalue weighted by Gasteiger charge is -2.06. The summed E-state index contributed by atoms with van der Waals surface area (Å²) in [5.41, 5.74) is 0.223. The van der Waals surface area contributed by atoms with Crippen molar-refractivity contribution >= 4 is 33.1 Å². The number of amides is 1. The number of nitrogens with one attached hydrogen (secondary N) is 1. The van der Waals surface area contributed by atoms with Crippen molar-refractivity contribution in [1.29, 1.82) is 0 Å². The molecule has 2 N–H and O–H groups in total. The highest BCUT2D eigenvalue weighted by molar-refractivity contribution is 7.91. The van der Waals surface area contributed by atoms with E-state index in [1.165, 1.54) is 36.8 Å². The number of carbonyl (C=O) groups excluding carboxylic acids is 1. The Labute approximate surface area is 148 Å². The zero-order chi connectivity index (χ0) is 18.4. The highest BCUT2D eigenvalue weighted by atomic mass is 32.2. The van der Waals surface area contributed by atoms with Crippen molar-refractivity contribution in [3.05, 3.63) is 45.9 Å². The van der Waals surface area contributed by atoms with Gasteiger partial charge in [-0.25, -0.2) is 18.2 Å². The topological polar surface area (TPSA) is 123 Å². The Morgan fingerprint density at radius 3 is 2.52 bits per heavy atom. The number of methoxy groups -OCH3 is 1. The van der Waals surface area contributed by atoms with Crippen LogP contribution in [0.25, 0.3) is 0 Å². The Morgan fingerprint density at radius 1 is 1.28 bits per heavy atom. The number of aromatic carboxylic acids is 1. The van der Waals surface area contributed by atoms with E-state index in [9.17, 15) is 18.0 Å². The summed E-state index contributed by atoms with van der Waals surface area (Å²) in [4.78, 5) is 26.8. The van der Waals surface area contributed by atoms with Gasteiger partial charge in [-0.2, -0.15) is 0 Å². The predicted octanol–water partition coefficient (Wildman–Crippen LogP) is 1.19. The molecule has 0 bridgehead atoms. The standard InChI is InChI=1S/C15H16N2O6S2/c1-23-6-7-25(21,22)11-4-2-10(3-5-11)14(18)16-8-13-17-12(9-24-13)15(19)20/h2-5,9H,6-8H2,1H3,(H,16,18)(H,19,20). The fraction of sp³-hybridized carbons (Fsp3) is 0.267. The molecule has 0 aliphatic heterocycles. The molecular formula is C15H16N2O6S2. The van der Waals surface area contributed by atoms with Gasteiger partial charge in [0.25, 0.3) is 5.91 Å². The number of rotatable bonds is 8. The highest BCUT2D eigenvalue weighted by Gasteiger charge is 2.15. The van der Waals surface area contributed by atoms with Crippen molar-refractivity contribution in [1.82, 2.24) is 10.3 Å². The molecule has 1 aromatic heterocycles. The second kappa shape index (κ2) is 8.19. The number of carboxylic acids is 1. The summed E-state index contributed by atoms with van der Waals surface area (Å²) in [6.07, 6.45) is 0. The molecule has 0 radical (unpaired) electrons. The maximum atomic E-state index is 12.1. The summed E-state index contributed by atoms with van der Waals surface area (Å²) in [7, 11) is -2.02. The van der Waals surface area contributed by atoms with E-state index < -0.39 is 21.7 Å². The lowest BCUT2D eigenvalue weighted by Crippen LogP contribution is -2.23. The molecular weight excluding hydrogens is 368 g/mol. The molecule has 0 aliphatic carbocycles. The average Bonchev–Trinajstić information content (AvgIpc) is 3.07. The first-order valence-electron chi connectivity index (χ1n) is 7.11. The van der Waals surface area contributed by atoms with Crippen LogP contribution < -0.4 is 5.32 Å². The van der Waals surface area contributed by atoms with Crippen LogP contribution in [0.5, 0.6) is 0 Å². The van der Waals surface area contributed by atoms with Gasteiger partial charge in [0, 0.05) is 18.1 Å². The molecule has 1 aromatic carbocycles. The Kier molecular flexibility index (Phi) is 6.23. The van der Waals surface area contributed by atoms with Crippen molar-refractivity contribution < 1.29 is 27.9 Å². The maximum Gasteiger partial charge on any atom is 0.355 e. The fourth-order valence-electron chi connectivity index (χ4n) is 1.87. The number of hydrogen-bond acceptors (Lipinski definition) is 7. The van der Waals surface area contributed by atoms with E-state index in [2.05, 4.69) is 10.3 Å². The average molecular weight is 384 g/mol. The summed E-state index contributed by atoms with van der Waals surface area (Å²) in [5, 5.41) is 13.3. The minimum Gasteiger partial charge on any atom is -0.476 e.